The summed E-state index contributed by atoms with van der Waals surface area (Å²) in [6.07, 6.45) is 0.480. The van der Waals surface area contributed by atoms with Crippen LogP contribution in [0.4, 0.5) is 0 Å². The molecule has 0 atom stereocenters. The average molecular weight is 266 g/mol. The predicted octanol–water partition coefficient (Wildman–Crippen LogP) is 1.27. The molecule has 1 aliphatic rings. The van der Waals surface area contributed by atoms with Gasteiger partial charge >= 0.3 is 5.97 Å². The Balaban J connectivity index is 1.69. The number of carbonyl (C=O) groups excluding carboxylic acids is 1. The Kier molecular flexibility index (Phi) is 4.99. The molecular weight excluding hydrogens is 244 g/mol. The predicted molar refractivity (Wildman–Crippen MR) is 71.8 cm³/mol. The number of aryl methyl sites for hydroxylation is 1. The molecule has 0 spiro atoms. The molecule has 5 nitrogen and oxygen atoms in total. The van der Waals surface area contributed by atoms with E-state index in [4.69, 9.17) is 4.42 Å². The maximum absolute atomic E-state index is 11.1. The van der Waals surface area contributed by atoms with E-state index >= 15 is 0 Å². The highest BCUT2D eigenvalue weighted by Gasteiger charge is 2.18. The monoisotopic (exact) mass is 266 g/mol. The number of hydrogen-bond acceptors (Lipinski definition) is 5. The van der Waals surface area contributed by atoms with Crippen LogP contribution in [0.2, 0.25) is 0 Å². The van der Waals surface area contributed by atoms with Crippen molar-refractivity contribution in [3.63, 3.8) is 0 Å². The van der Waals surface area contributed by atoms with Gasteiger partial charge < -0.3 is 14.1 Å². The lowest BCUT2D eigenvalue weighted by molar-refractivity contribution is -0.141. The molecule has 2 rings (SSSR count). The van der Waals surface area contributed by atoms with E-state index in [1.54, 1.807) is 0 Å². The highest BCUT2D eigenvalue weighted by Crippen LogP contribution is 2.11. The second-order valence-electron chi connectivity index (χ2n) is 4.96. The Bertz CT molecular complexity index is 409. The first-order chi connectivity index (χ1) is 9.17. The molecule has 0 aliphatic carbocycles. The Labute approximate surface area is 114 Å². The van der Waals surface area contributed by atoms with Gasteiger partial charge in [-0.05, 0) is 19.1 Å². The van der Waals surface area contributed by atoms with Gasteiger partial charge in [-0.3, -0.25) is 9.69 Å². The van der Waals surface area contributed by atoms with E-state index < -0.39 is 0 Å². The van der Waals surface area contributed by atoms with Gasteiger partial charge in [0.2, 0.25) is 0 Å². The van der Waals surface area contributed by atoms with Crippen molar-refractivity contribution in [3.05, 3.63) is 23.7 Å². The lowest BCUT2D eigenvalue weighted by atomic mass is 10.2. The number of piperazine rings is 1. The van der Waals surface area contributed by atoms with Crippen molar-refractivity contribution in [1.29, 1.82) is 0 Å². The van der Waals surface area contributed by atoms with Gasteiger partial charge in [0.25, 0.3) is 0 Å². The Hall–Kier alpha value is -1.33. The SMILES string of the molecule is COC(=O)CCN1CCN(Cc2ccc(C)o2)CC1. The third-order valence-corrected chi connectivity index (χ3v) is 3.50. The molecule has 2 heterocycles. The normalized spacial score (nSPS) is 17.6. The van der Waals surface area contributed by atoms with E-state index in [2.05, 4.69) is 14.5 Å². The van der Waals surface area contributed by atoms with Crippen LogP contribution in [0.3, 0.4) is 0 Å². The van der Waals surface area contributed by atoms with Gasteiger partial charge in [-0.2, -0.15) is 0 Å². The summed E-state index contributed by atoms with van der Waals surface area (Å²) in [6, 6.07) is 4.04. The summed E-state index contributed by atoms with van der Waals surface area (Å²) >= 11 is 0. The standard InChI is InChI=1S/C14H22N2O3/c1-12-3-4-13(19-12)11-16-9-7-15(8-10-16)6-5-14(17)18-2/h3-4H,5-11H2,1-2H3. The second-order valence-corrected chi connectivity index (χ2v) is 4.96. The number of nitrogens with zero attached hydrogens (tertiary/aromatic N) is 2. The molecule has 0 aromatic carbocycles. The van der Waals surface area contributed by atoms with Crippen LogP contribution in [0, 0.1) is 6.92 Å². The van der Waals surface area contributed by atoms with Crippen molar-refractivity contribution in [2.75, 3.05) is 39.8 Å². The number of hydrogen-bond donors (Lipinski definition) is 0. The first kappa shape index (κ1) is 14.1. The van der Waals surface area contributed by atoms with Crippen LogP contribution in [0.1, 0.15) is 17.9 Å². The molecule has 106 valence electrons. The first-order valence-electron chi connectivity index (χ1n) is 6.74. The molecular formula is C14H22N2O3. The van der Waals surface area contributed by atoms with Crippen LogP contribution in [0.25, 0.3) is 0 Å². The number of ether oxygens (including phenoxy) is 1. The summed E-state index contributed by atoms with van der Waals surface area (Å²) in [7, 11) is 1.44. The van der Waals surface area contributed by atoms with Crippen LogP contribution < -0.4 is 0 Å². The van der Waals surface area contributed by atoms with E-state index in [0.717, 1.165) is 50.8 Å². The Morgan fingerprint density at radius 3 is 2.53 bits per heavy atom. The topological polar surface area (TPSA) is 45.9 Å². The van der Waals surface area contributed by atoms with E-state index in [1.807, 2.05) is 19.1 Å². The molecule has 1 aliphatic heterocycles. The summed E-state index contributed by atoms with van der Waals surface area (Å²) < 4.78 is 10.2. The van der Waals surface area contributed by atoms with Gasteiger partial charge in [0.15, 0.2) is 0 Å². The number of methoxy groups -OCH3 is 1. The largest absolute Gasteiger partial charge is 0.469 e. The molecule has 1 fully saturated rings. The number of esters is 1. The minimum absolute atomic E-state index is 0.131. The van der Waals surface area contributed by atoms with Crippen LogP contribution in [-0.2, 0) is 16.1 Å². The third kappa shape index (κ3) is 4.36. The fourth-order valence-corrected chi connectivity index (χ4v) is 2.31. The lowest BCUT2D eigenvalue weighted by Crippen LogP contribution is -2.46. The summed E-state index contributed by atoms with van der Waals surface area (Å²) in [5.74, 6) is 1.86. The van der Waals surface area contributed by atoms with Gasteiger partial charge in [-0.15, -0.1) is 0 Å². The fraction of sp³-hybridized carbons (Fsp3) is 0.643. The van der Waals surface area contributed by atoms with Crippen molar-refractivity contribution in [3.8, 4) is 0 Å². The summed E-state index contributed by atoms with van der Waals surface area (Å²) in [5, 5.41) is 0. The Morgan fingerprint density at radius 2 is 1.95 bits per heavy atom. The minimum atomic E-state index is -0.131. The van der Waals surface area contributed by atoms with Crippen LogP contribution in [0.15, 0.2) is 16.5 Å². The number of rotatable bonds is 5. The van der Waals surface area contributed by atoms with Gasteiger partial charge in [0.1, 0.15) is 11.5 Å². The number of carbonyl (C=O) groups is 1. The van der Waals surface area contributed by atoms with Crippen LogP contribution in [0.5, 0.6) is 0 Å². The minimum Gasteiger partial charge on any atom is -0.469 e. The quantitative estimate of drug-likeness (QED) is 0.751. The number of furan rings is 1. The van der Waals surface area contributed by atoms with Crippen LogP contribution in [-0.4, -0.2) is 55.6 Å². The fourth-order valence-electron chi connectivity index (χ4n) is 2.31. The maximum atomic E-state index is 11.1. The summed E-state index contributed by atoms with van der Waals surface area (Å²) in [6.45, 7) is 7.66. The van der Waals surface area contributed by atoms with E-state index in [0.29, 0.717) is 6.42 Å². The van der Waals surface area contributed by atoms with Crippen LogP contribution >= 0.6 is 0 Å². The zero-order valence-corrected chi connectivity index (χ0v) is 11.7. The zero-order valence-electron chi connectivity index (χ0n) is 11.7. The molecule has 1 saturated heterocycles. The van der Waals surface area contributed by atoms with Crippen molar-refractivity contribution < 1.29 is 13.9 Å². The maximum Gasteiger partial charge on any atom is 0.306 e. The third-order valence-electron chi connectivity index (χ3n) is 3.50. The molecule has 0 saturated carbocycles. The summed E-state index contributed by atoms with van der Waals surface area (Å²) in [5.41, 5.74) is 0. The molecule has 5 heteroatoms. The molecule has 1 aromatic heterocycles. The highest BCUT2D eigenvalue weighted by atomic mass is 16.5. The second kappa shape index (κ2) is 6.73. The molecule has 0 unspecified atom stereocenters. The molecule has 0 bridgehead atoms. The van der Waals surface area contributed by atoms with Crippen molar-refractivity contribution in [2.24, 2.45) is 0 Å². The van der Waals surface area contributed by atoms with Crippen molar-refractivity contribution >= 4 is 5.97 Å². The van der Waals surface area contributed by atoms with Gasteiger partial charge in [0, 0.05) is 32.7 Å². The highest BCUT2D eigenvalue weighted by molar-refractivity contribution is 5.69. The van der Waals surface area contributed by atoms with Gasteiger partial charge in [-0.25, -0.2) is 0 Å². The van der Waals surface area contributed by atoms with E-state index in [1.165, 1.54) is 7.11 Å². The van der Waals surface area contributed by atoms with E-state index in [9.17, 15) is 4.79 Å². The smallest absolute Gasteiger partial charge is 0.306 e. The lowest BCUT2D eigenvalue weighted by Gasteiger charge is -2.33. The zero-order chi connectivity index (χ0) is 13.7. The molecule has 0 N–H and O–H groups in total. The Morgan fingerprint density at radius 1 is 1.26 bits per heavy atom. The molecule has 19 heavy (non-hydrogen) atoms. The average Bonchev–Trinajstić information content (AvgIpc) is 2.83. The van der Waals surface area contributed by atoms with Crippen molar-refractivity contribution in [1.82, 2.24) is 9.80 Å². The van der Waals surface area contributed by atoms with Gasteiger partial charge in [-0.1, -0.05) is 0 Å². The first-order valence-corrected chi connectivity index (χ1v) is 6.74. The molecule has 1 aromatic rings. The van der Waals surface area contributed by atoms with Gasteiger partial charge in [0.05, 0.1) is 20.1 Å². The molecule has 0 radical (unpaired) electrons. The molecule has 0 amide bonds. The van der Waals surface area contributed by atoms with E-state index in [-0.39, 0.29) is 5.97 Å². The van der Waals surface area contributed by atoms with Crippen molar-refractivity contribution in [2.45, 2.75) is 19.9 Å². The summed E-state index contributed by atoms with van der Waals surface area (Å²) in [4.78, 5) is 15.8.